The number of aliphatic imine (C=N–C) groups is 1. The number of hydrogen-bond donors (Lipinski definition) is 2. The van der Waals surface area contributed by atoms with E-state index in [1.807, 2.05) is 25.8 Å². The molecule has 0 aliphatic heterocycles. The van der Waals surface area contributed by atoms with E-state index in [-0.39, 0.29) is 0 Å². The largest absolute Gasteiger partial charge is 0.352 e. The lowest BCUT2D eigenvalue weighted by molar-refractivity contribution is 0.797. The molecular formula is C25H27N5S. The molecule has 0 atom stereocenters. The van der Waals surface area contributed by atoms with Crippen molar-refractivity contribution >= 4 is 17.3 Å². The molecule has 158 valence electrons. The number of hydrogen-bond acceptors (Lipinski definition) is 3. The number of guanidine groups is 1. The first-order valence-electron chi connectivity index (χ1n) is 10.3. The monoisotopic (exact) mass is 429 g/mol. The third-order valence-electron chi connectivity index (χ3n) is 5.26. The molecule has 2 aromatic carbocycles. The van der Waals surface area contributed by atoms with E-state index in [0.29, 0.717) is 6.54 Å². The van der Waals surface area contributed by atoms with E-state index in [0.717, 1.165) is 19.0 Å². The van der Waals surface area contributed by atoms with Crippen molar-refractivity contribution in [3.05, 3.63) is 100 Å². The van der Waals surface area contributed by atoms with Gasteiger partial charge in [0.05, 0.1) is 12.9 Å². The van der Waals surface area contributed by atoms with Gasteiger partial charge in [0.15, 0.2) is 5.96 Å². The maximum absolute atomic E-state index is 4.37. The molecule has 2 heterocycles. The Balaban J connectivity index is 1.41. The lowest BCUT2D eigenvalue weighted by Crippen LogP contribution is -2.36. The highest BCUT2D eigenvalue weighted by molar-refractivity contribution is 7.10. The van der Waals surface area contributed by atoms with E-state index in [2.05, 4.69) is 92.1 Å². The van der Waals surface area contributed by atoms with Crippen molar-refractivity contribution in [1.82, 2.24) is 20.2 Å². The first-order chi connectivity index (χ1) is 15.2. The Hall–Kier alpha value is -3.38. The van der Waals surface area contributed by atoms with Crippen LogP contribution in [0, 0.1) is 6.92 Å². The quantitative estimate of drug-likeness (QED) is 0.327. The van der Waals surface area contributed by atoms with Crippen molar-refractivity contribution in [3.8, 4) is 11.1 Å². The summed E-state index contributed by atoms with van der Waals surface area (Å²) in [6, 6.07) is 19.4. The van der Waals surface area contributed by atoms with Gasteiger partial charge in [-0.3, -0.25) is 4.99 Å². The van der Waals surface area contributed by atoms with Crippen LogP contribution in [0.25, 0.3) is 11.1 Å². The molecule has 0 aliphatic rings. The zero-order valence-electron chi connectivity index (χ0n) is 17.9. The van der Waals surface area contributed by atoms with Crippen LogP contribution in [0.3, 0.4) is 0 Å². The molecule has 0 aliphatic carbocycles. The van der Waals surface area contributed by atoms with Gasteiger partial charge in [0.1, 0.15) is 0 Å². The van der Waals surface area contributed by atoms with Crippen molar-refractivity contribution in [2.45, 2.75) is 26.6 Å². The van der Waals surface area contributed by atoms with Crippen molar-refractivity contribution in [2.75, 3.05) is 7.05 Å². The molecule has 4 rings (SSSR count). The Kier molecular flexibility index (Phi) is 6.79. The Morgan fingerprint density at radius 1 is 1.03 bits per heavy atom. The molecule has 0 fully saturated rings. The second-order valence-electron chi connectivity index (χ2n) is 7.40. The summed E-state index contributed by atoms with van der Waals surface area (Å²) in [4.78, 5) is 9.82. The smallest absolute Gasteiger partial charge is 0.191 e. The zero-order valence-corrected chi connectivity index (χ0v) is 18.7. The van der Waals surface area contributed by atoms with Gasteiger partial charge in [-0.2, -0.15) is 0 Å². The fourth-order valence-electron chi connectivity index (χ4n) is 3.49. The van der Waals surface area contributed by atoms with Gasteiger partial charge in [-0.05, 0) is 46.2 Å². The number of benzene rings is 2. The topological polar surface area (TPSA) is 54.2 Å². The summed E-state index contributed by atoms with van der Waals surface area (Å²) in [5, 5.41) is 8.99. The summed E-state index contributed by atoms with van der Waals surface area (Å²) >= 11 is 1.77. The maximum atomic E-state index is 4.37. The van der Waals surface area contributed by atoms with E-state index in [4.69, 9.17) is 0 Å². The van der Waals surface area contributed by atoms with E-state index < -0.39 is 0 Å². The standard InChI is InChI=1S/C25H27N5S/c1-19-11-14-31-24(19)16-29-25(26-2)28-15-22-5-3-4-6-23(22)21-9-7-20(8-10-21)17-30-13-12-27-18-30/h3-14,18H,15-17H2,1-2H3,(H2,26,28,29). The highest BCUT2D eigenvalue weighted by Crippen LogP contribution is 2.24. The van der Waals surface area contributed by atoms with Crippen molar-refractivity contribution in [3.63, 3.8) is 0 Å². The molecule has 0 amide bonds. The molecule has 0 saturated carbocycles. The Morgan fingerprint density at radius 2 is 1.84 bits per heavy atom. The van der Waals surface area contributed by atoms with Crippen molar-refractivity contribution < 1.29 is 0 Å². The maximum Gasteiger partial charge on any atom is 0.191 e. The highest BCUT2D eigenvalue weighted by atomic mass is 32.1. The molecule has 31 heavy (non-hydrogen) atoms. The summed E-state index contributed by atoms with van der Waals surface area (Å²) < 4.78 is 2.07. The summed E-state index contributed by atoms with van der Waals surface area (Å²) in [6.07, 6.45) is 5.63. The third kappa shape index (κ3) is 5.41. The first kappa shape index (κ1) is 20.9. The highest BCUT2D eigenvalue weighted by Gasteiger charge is 2.07. The van der Waals surface area contributed by atoms with E-state index >= 15 is 0 Å². The van der Waals surface area contributed by atoms with Gasteiger partial charge in [-0.1, -0.05) is 48.5 Å². The van der Waals surface area contributed by atoms with Gasteiger partial charge < -0.3 is 15.2 Å². The van der Waals surface area contributed by atoms with Gasteiger partial charge in [0.25, 0.3) is 0 Å². The summed E-state index contributed by atoms with van der Waals surface area (Å²) in [7, 11) is 1.81. The molecule has 0 saturated heterocycles. The molecule has 5 nitrogen and oxygen atoms in total. The molecule has 4 aromatic rings. The van der Waals surface area contributed by atoms with Crippen LogP contribution in [0.1, 0.15) is 21.6 Å². The molecular weight excluding hydrogens is 402 g/mol. The number of thiophene rings is 1. The molecule has 0 spiro atoms. The number of imidazole rings is 1. The summed E-state index contributed by atoms with van der Waals surface area (Å²) in [5.74, 6) is 0.804. The molecule has 2 aromatic heterocycles. The van der Waals surface area contributed by atoms with Gasteiger partial charge >= 0.3 is 0 Å². The van der Waals surface area contributed by atoms with E-state index in [9.17, 15) is 0 Å². The molecule has 2 N–H and O–H groups in total. The molecule has 0 bridgehead atoms. The Morgan fingerprint density at radius 3 is 2.55 bits per heavy atom. The minimum atomic E-state index is 0.704. The van der Waals surface area contributed by atoms with Crippen LogP contribution in [0.4, 0.5) is 0 Å². The van der Waals surface area contributed by atoms with Gasteiger partial charge in [0, 0.05) is 37.4 Å². The third-order valence-corrected chi connectivity index (χ3v) is 6.28. The van der Waals surface area contributed by atoms with Crippen LogP contribution >= 0.6 is 11.3 Å². The second kappa shape index (κ2) is 10.1. The minimum absolute atomic E-state index is 0.704. The first-order valence-corrected chi connectivity index (χ1v) is 11.2. The summed E-state index contributed by atoms with van der Waals surface area (Å²) in [5.41, 5.74) is 6.25. The van der Waals surface area contributed by atoms with Crippen LogP contribution in [-0.4, -0.2) is 22.6 Å². The fourth-order valence-corrected chi connectivity index (χ4v) is 4.33. The van der Waals surface area contributed by atoms with Crippen LogP contribution in [-0.2, 0) is 19.6 Å². The number of nitrogens with one attached hydrogen (secondary N) is 2. The van der Waals surface area contributed by atoms with E-state index in [1.54, 1.807) is 11.3 Å². The second-order valence-corrected chi connectivity index (χ2v) is 8.40. The number of nitrogens with zero attached hydrogens (tertiary/aromatic N) is 3. The fraction of sp³-hybridized carbons (Fsp3) is 0.200. The molecule has 0 unspecified atom stereocenters. The van der Waals surface area contributed by atoms with Crippen molar-refractivity contribution in [1.29, 1.82) is 0 Å². The lowest BCUT2D eigenvalue weighted by Gasteiger charge is -2.15. The van der Waals surface area contributed by atoms with Gasteiger partial charge in [-0.15, -0.1) is 11.3 Å². The molecule has 0 radical (unpaired) electrons. The summed E-state index contributed by atoms with van der Waals surface area (Å²) in [6.45, 7) is 4.45. The number of aryl methyl sites for hydroxylation is 1. The van der Waals surface area contributed by atoms with Gasteiger partial charge in [0.2, 0.25) is 0 Å². The SMILES string of the molecule is CN=C(NCc1ccccc1-c1ccc(Cn2ccnc2)cc1)NCc1sccc1C. The average Bonchev–Trinajstić information content (AvgIpc) is 3.46. The van der Waals surface area contributed by atoms with Crippen LogP contribution in [0.15, 0.2) is 83.7 Å². The Bertz CT molecular complexity index is 1130. The zero-order chi connectivity index (χ0) is 21.5. The molecule has 6 heteroatoms. The minimum Gasteiger partial charge on any atom is -0.352 e. The van der Waals surface area contributed by atoms with Crippen LogP contribution < -0.4 is 10.6 Å². The Labute approximate surface area is 187 Å². The predicted octanol–water partition coefficient (Wildman–Crippen LogP) is 4.83. The van der Waals surface area contributed by atoms with E-state index in [1.165, 1.54) is 32.7 Å². The normalized spacial score (nSPS) is 11.5. The number of rotatable bonds is 7. The predicted molar refractivity (Wildman–Crippen MR) is 129 cm³/mol. The van der Waals surface area contributed by atoms with Crippen molar-refractivity contribution in [2.24, 2.45) is 4.99 Å². The van der Waals surface area contributed by atoms with Crippen LogP contribution in [0.5, 0.6) is 0 Å². The number of aromatic nitrogens is 2. The van der Waals surface area contributed by atoms with Crippen LogP contribution in [0.2, 0.25) is 0 Å². The van der Waals surface area contributed by atoms with Gasteiger partial charge in [-0.25, -0.2) is 4.98 Å². The lowest BCUT2D eigenvalue weighted by atomic mass is 9.98. The average molecular weight is 430 g/mol.